The maximum Gasteiger partial charge on any atom is 0.416 e. The molecule has 0 spiro atoms. The lowest BCUT2D eigenvalue weighted by atomic mass is 9.94. The molecule has 112 valence electrons. The summed E-state index contributed by atoms with van der Waals surface area (Å²) in [6.07, 6.45) is -3.16. The first-order chi connectivity index (χ1) is 9.25. The lowest BCUT2D eigenvalue weighted by Crippen LogP contribution is -2.11. The van der Waals surface area contributed by atoms with Crippen LogP contribution in [-0.2, 0) is 16.0 Å². The summed E-state index contributed by atoms with van der Waals surface area (Å²) in [6, 6.07) is 2.92. The van der Waals surface area contributed by atoms with Gasteiger partial charge in [-0.05, 0) is 56.1 Å². The molecular weight excluding hydrogens is 291 g/mol. The van der Waals surface area contributed by atoms with Crippen molar-refractivity contribution in [2.24, 2.45) is 0 Å². The van der Waals surface area contributed by atoms with Crippen molar-refractivity contribution in [3.8, 4) is 0 Å². The van der Waals surface area contributed by atoms with Gasteiger partial charge in [0.15, 0.2) is 9.84 Å². The highest BCUT2D eigenvalue weighted by Gasteiger charge is 2.38. The molecule has 1 aromatic rings. The number of hydrogen-bond donors (Lipinski definition) is 1. The number of sulfone groups is 1. The van der Waals surface area contributed by atoms with Crippen LogP contribution in [0.3, 0.4) is 0 Å². The van der Waals surface area contributed by atoms with Crippen molar-refractivity contribution in [1.29, 1.82) is 0 Å². The molecule has 0 saturated carbocycles. The van der Waals surface area contributed by atoms with Crippen LogP contribution in [-0.4, -0.2) is 27.8 Å². The lowest BCUT2D eigenvalue weighted by Gasteiger charge is -2.12. The molecule has 0 radical (unpaired) electrons. The van der Waals surface area contributed by atoms with Gasteiger partial charge in [0.2, 0.25) is 0 Å². The van der Waals surface area contributed by atoms with Gasteiger partial charge in [0.25, 0.3) is 0 Å². The highest BCUT2D eigenvalue weighted by atomic mass is 32.2. The Morgan fingerprint density at radius 1 is 1.35 bits per heavy atom. The zero-order valence-electron chi connectivity index (χ0n) is 11.0. The van der Waals surface area contributed by atoms with E-state index >= 15 is 0 Å². The van der Waals surface area contributed by atoms with Gasteiger partial charge in [0.1, 0.15) is 0 Å². The molecule has 0 bridgehead atoms. The van der Waals surface area contributed by atoms with Crippen LogP contribution in [0.4, 0.5) is 13.2 Å². The first-order valence-electron chi connectivity index (χ1n) is 6.34. The molecule has 0 aliphatic carbocycles. The number of nitrogens with one attached hydrogen (secondary N) is 1. The molecule has 1 aliphatic rings. The molecule has 2 rings (SSSR count). The Hall–Kier alpha value is -1.08. The minimum absolute atomic E-state index is 0.0555. The molecule has 3 nitrogen and oxygen atoms in total. The average Bonchev–Trinajstić information content (AvgIpc) is 2.60. The van der Waals surface area contributed by atoms with Crippen LogP contribution in [0.5, 0.6) is 0 Å². The first-order valence-corrected chi connectivity index (χ1v) is 7.99. The SMILES string of the molecule is CNCCCC1CS(=O)(=O)c2ccc(C(F)(F)F)cc21. The Morgan fingerprint density at radius 3 is 2.65 bits per heavy atom. The fourth-order valence-corrected chi connectivity index (χ4v) is 4.45. The molecule has 7 heteroatoms. The Kier molecular flexibility index (Phi) is 4.11. The number of alkyl halides is 3. The minimum Gasteiger partial charge on any atom is -0.320 e. The number of benzene rings is 1. The van der Waals surface area contributed by atoms with E-state index in [4.69, 9.17) is 0 Å². The molecule has 1 N–H and O–H groups in total. The predicted octanol–water partition coefficient (Wildman–Crippen LogP) is 2.58. The van der Waals surface area contributed by atoms with E-state index in [0.717, 1.165) is 24.6 Å². The van der Waals surface area contributed by atoms with Gasteiger partial charge >= 0.3 is 6.18 Å². The standard InChI is InChI=1S/C13H16F3NO2S/c1-17-6-2-3-9-8-20(18,19)12-5-4-10(7-11(9)12)13(14,15)16/h4-5,7,9,17H,2-3,6,8H2,1H3. The van der Waals surface area contributed by atoms with E-state index in [1.165, 1.54) is 0 Å². The summed E-state index contributed by atoms with van der Waals surface area (Å²) >= 11 is 0. The number of rotatable bonds is 4. The molecule has 0 aromatic heterocycles. The maximum absolute atomic E-state index is 12.7. The minimum atomic E-state index is -4.45. The van der Waals surface area contributed by atoms with Crippen LogP contribution in [0.15, 0.2) is 23.1 Å². The first kappa shape index (κ1) is 15.3. The third-order valence-electron chi connectivity index (χ3n) is 3.51. The Labute approximate surface area is 116 Å². The van der Waals surface area contributed by atoms with Gasteiger partial charge in [0.05, 0.1) is 16.2 Å². The van der Waals surface area contributed by atoms with Gasteiger partial charge in [-0.15, -0.1) is 0 Å². The average molecular weight is 307 g/mol. The van der Waals surface area contributed by atoms with Crippen LogP contribution in [0.2, 0.25) is 0 Å². The zero-order chi connectivity index (χ0) is 15.0. The van der Waals surface area contributed by atoms with Crippen molar-refractivity contribution in [2.45, 2.75) is 29.8 Å². The molecular formula is C13H16F3NO2S. The Morgan fingerprint density at radius 2 is 2.05 bits per heavy atom. The molecule has 1 aromatic carbocycles. The fraction of sp³-hybridized carbons (Fsp3) is 0.538. The summed E-state index contributed by atoms with van der Waals surface area (Å²) in [6.45, 7) is 0.713. The second kappa shape index (κ2) is 5.37. The second-order valence-electron chi connectivity index (χ2n) is 4.97. The van der Waals surface area contributed by atoms with Gasteiger partial charge in [-0.1, -0.05) is 0 Å². The van der Waals surface area contributed by atoms with E-state index in [9.17, 15) is 21.6 Å². The number of fused-ring (bicyclic) bond motifs is 1. The molecule has 1 atom stereocenters. The normalized spacial score (nSPS) is 20.9. The van der Waals surface area contributed by atoms with E-state index in [-0.39, 0.29) is 16.6 Å². The largest absolute Gasteiger partial charge is 0.416 e. The summed E-state index contributed by atoms with van der Waals surface area (Å²) in [5.41, 5.74) is -0.470. The maximum atomic E-state index is 12.7. The van der Waals surface area contributed by atoms with E-state index in [1.807, 2.05) is 0 Å². The van der Waals surface area contributed by atoms with E-state index < -0.39 is 21.6 Å². The molecule has 1 aliphatic heterocycles. The summed E-state index contributed by atoms with van der Waals surface area (Å²) in [4.78, 5) is 0.0555. The van der Waals surface area contributed by atoms with Gasteiger partial charge in [-0.2, -0.15) is 13.2 Å². The zero-order valence-corrected chi connectivity index (χ0v) is 11.8. The Bertz CT molecular complexity index is 596. The van der Waals surface area contributed by atoms with Gasteiger partial charge < -0.3 is 5.32 Å². The van der Waals surface area contributed by atoms with Crippen molar-refractivity contribution in [2.75, 3.05) is 19.3 Å². The molecule has 0 saturated heterocycles. The van der Waals surface area contributed by atoms with Crippen LogP contribution in [0.25, 0.3) is 0 Å². The van der Waals surface area contributed by atoms with E-state index in [1.54, 1.807) is 7.05 Å². The van der Waals surface area contributed by atoms with Gasteiger partial charge in [0, 0.05) is 0 Å². The molecule has 1 heterocycles. The molecule has 0 amide bonds. The van der Waals surface area contributed by atoms with Crippen LogP contribution in [0.1, 0.15) is 29.9 Å². The number of hydrogen-bond acceptors (Lipinski definition) is 3. The number of halogens is 3. The third kappa shape index (κ3) is 2.98. The van der Waals surface area contributed by atoms with Crippen LogP contribution < -0.4 is 5.32 Å². The third-order valence-corrected chi connectivity index (χ3v) is 5.40. The monoisotopic (exact) mass is 307 g/mol. The van der Waals surface area contributed by atoms with Crippen molar-refractivity contribution >= 4 is 9.84 Å². The van der Waals surface area contributed by atoms with Crippen LogP contribution >= 0.6 is 0 Å². The topological polar surface area (TPSA) is 46.2 Å². The quantitative estimate of drug-likeness (QED) is 0.870. The summed E-state index contributed by atoms with van der Waals surface area (Å²) < 4.78 is 62.1. The molecule has 20 heavy (non-hydrogen) atoms. The van der Waals surface area contributed by atoms with Crippen molar-refractivity contribution in [3.63, 3.8) is 0 Å². The highest BCUT2D eigenvalue weighted by Crippen LogP contribution is 2.40. The van der Waals surface area contributed by atoms with Crippen molar-refractivity contribution in [3.05, 3.63) is 29.3 Å². The van der Waals surface area contributed by atoms with E-state index in [2.05, 4.69) is 5.32 Å². The Balaban J connectivity index is 2.36. The summed E-state index contributed by atoms with van der Waals surface area (Å²) in [7, 11) is -1.66. The fourth-order valence-electron chi connectivity index (χ4n) is 2.54. The summed E-state index contributed by atoms with van der Waals surface area (Å²) in [5, 5.41) is 2.94. The van der Waals surface area contributed by atoms with Crippen molar-refractivity contribution in [1.82, 2.24) is 5.32 Å². The van der Waals surface area contributed by atoms with E-state index in [0.29, 0.717) is 18.5 Å². The lowest BCUT2D eigenvalue weighted by molar-refractivity contribution is -0.137. The predicted molar refractivity (Wildman–Crippen MR) is 69.4 cm³/mol. The summed E-state index contributed by atoms with van der Waals surface area (Å²) in [5.74, 6) is -0.432. The molecule has 0 fully saturated rings. The second-order valence-corrected chi connectivity index (χ2v) is 6.98. The van der Waals surface area contributed by atoms with Gasteiger partial charge in [-0.3, -0.25) is 0 Å². The smallest absolute Gasteiger partial charge is 0.320 e. The highest BCUT2D eigenvalue weighted by molar-refractivity contribution is 7.91. The van der Waals surface area contributed by atoms with Crippen LogP contribution in [0, 0.1) is 0 Å². The van der Waals surface area contributed by atoms with Gasteiger partial charge in [-0.25, -0.2) is 8.42 Å². The molecule has 1 unspecified atom stereocenters. The van der Waals surface area contributed by atoms with Crippen molar-refractivity contribution < 1.29 is 21.6 Å².